The Kier molecular flexibility index (Phi) is 4.62. The number of hydrogen-bond acceptors (Lipinski definition) is 4. The van der Waals surface area contributed by atoms with Gasteiger partial charge >= 0.3 is 0 Å². The van der Waals surface area contributed by atoms with Crippen molar-refractivity contribution in [3.8, 4) is 5.75 Å². The lowest BCUT2D eigenvalue weighted by atomic mass is 10.0. The molecule has 1 aromatic rings. The van der Waals surface area contributed by atoms with E-state index in [9.17, 15) is 9.50 Å². The molecular formula is C15H23FN2O2. The molecule has 0 aliphatic carbocycles. The molecule has 0 saturated carbocycles. The third-order valence-corrected chi connectivity index (χ3v) is 3.89. The van der Waals surface area contributed by atoms with Crippen LogP contribution in [0.2, 0.25) is 0 Å². The first kappa shape index (κ1) is 15.2. The molecule has 4 nitrogen and oxygen atoms in total. The molecule has 1 aliphatic rings. The first-order valence-electron chi connectivity index (χ1n) is 6.96. The molecule has 0 spiro atoms. The summed E-state index contributed by atoms with van der Waals surface area (Å²) in [5.41, 5.74) is 5.93. The fraction of sp³-hybridized carbons (Fsp3) is 0.600. The molecule has 1 aliphatic heterocycles. The second-order valence-corrected chi connectivity index (χ2v) is 5.77. The van der Waals surface area contributed by atoms with Gasteiger partial charge in [-0.3, -0.25) is 0 Å². The summed E-state index contributed by atoms with van der Waals surface area (Å²) < 4.78 is 19.1. The van der Waals surface area contributed by atoms with Crippen molar-refractivity contribution in [2.24, 2.45) is 5.73 Å². The third kappa shape index (κ3) is 3.48. The number of halogens is 1. The van der Waals surface area contributed by atoms with Crippen molar-refractivity contribution in [3.05, 3.63) is 29.6 Å². The van der Waals surface area contributed by atoms with Crippen LogP contribution in [-0.2, 0) is 0 Å². The number of benzene rings is 1. The van der Waals surface area contributed by atoms with Gasteiger partial charge in [0.25, 0.3) is 0 Å². The maximum atomic E-state index is 13.9. The highest BCUT2D eigenvalue weighted by molar-refractivity contribution is 5.37. The van der Waals surface area contributed by atoms with Crippen LogP contribution in [0.15, 0.2) is 18.2 Å². The third-order valence-electron chi connectivity index (χ3n) is 3.89. The lowest BCUT2D eigenvalue weighted by Crippen LogP contribution is -2.31. The van der Waals surface area contributed by atoms with Crippen LogP contribution in [0.4, 0.5) is 4.39 Å². The van der Waals surface area contributed by atoms with Crippen molar-refractivity contribution in [2.45, 2.75) is 31.4 Å². The first-order chi connectivity index (χ1) is 9.43. The highest BCUT2D eigenvalue weighted by atomic mass is 19.1. The summed E-state index contributed by atoms with van der Waals surface area (Å²) in [4.78, 5) is 2.16. The van der Waals surface area contributed by atoms with E-state index in [4.69, 9.17) is 10.5 Å². The van der Waals surface area contributed by atoms with E-state index in [0.717, 1.165) is 19.5 Å². The first-order valence-corrected chi connectivity index (χ1v) is 6.96. The summed E-state index contributed by atoms with van der Waals surface area (Å²) in [5, 5.41) is 9.92. The average Bonchev–Trinajstić information content (AvgIpc) is 2.75. The fourth-order valence-corrected chi connectivity index (χ4v) is 2.75. The number of hydrogen-bond donors (Lipinski definition) is 2. The van der Waals surface area contributed by atoms with Crippen molar-refractivity contribution < 1.29 is 14.2 Å². The standard InChI is InChI=1S/C15H23FN2O2/c1-15(19)7-9-18(10-15)8-6-12(17)14-11(16)4-3-5-13(14)20-2/h3-5,12,19H,6-10,17H2,1-2H3. The molecule has 1 saturated heterocycles. The molecule has 20 heavy (non-hydrogen) atoms. The van der Waals surface area contributed by atoms with Crippen LogP contribution in [0.1, 0.15) is 31.4 Å². The van der Waals surface area contributed by atoms with E-state index >= 15 is 0 Å². The van der Waals surface area contributed by atoms with Gasteiger partial charge in [-0.2, -0.15) is 0 Å². The SMILES string of the molecule is COc1cccc(F)c1C(N)CCN1CCC(C)(O)C1. The van der Waals surface area contributed by atoms with Gasteiger partial charge in [0.2, 0.25) is 0 Å². The molecule has 112 valence electrons. The Hall–Kier alpha value is -1.17. The molecule has 2 atom stereocenters. The van der Waals surface area contributed by atoms with Crippen LogP contribution in [0.25, 0.3) is 0 Å². The Morgan fingerprint density at radius 1 is 1.55 bits per heavy atom. The largest absolute Gasteiger partial charge is 0.496 e. The molecule has 5 heteroatoms. The number of likely N-dealkylation sites (tertiary alicyclic amines) is 1. The van der Waals surface area contributed by atoms with Crippen LogP contribution in [0.5, 0.6) is 5.75 Å². The van der Waals surface area contributed by atoms with Gasteiger partial charge in [-0.15, -0.1) is 0 Å². The summed E-state index contributed by atoms with van der Waals surface area (Å²) >= 11 is 0. The molecule has 2 unspecified atom stereocenters. The van der Waals surface area contributed by atoms with E-state index in [0.29, 0.717) is 24.3 Å². The van der Waals surface area contributed by atoms with Gasteiger partial charge in [0, 0.05) is 31.2 Å². The lowest BCUT2D eigenvalue weighted by Gasteiger charge is -2.22. The van der Waals surface area contributed by atoms with Crippen molar-refractivity contribution in [1.29, 1.82) is 0 Å². The van der Waals surface area contributed by atoms with E-state index in [1.165, 1.54) is 13.2 Å². The van der Waals surface area contributed by atoms with E-state index in [-0.39, 0.29) is 5.82 Å². The van der Waals surface area contributed by atoms with Gasteiger partial charge in [-0.05, 0) is 31.9 Å². The van der Waals surface area contributed by atoms with E-state index in [1.54, 1.807) is 12.1 Å². The van der Waals surface area contributed by atoms with E-state index < -0.39 is 11.6 Å². The highest BCUT2D eigenvalue weighted by Crippen LogP contribution is 2.29. The number of ether oxygens (including phenoxy) is 1. The lowest BCUT2D eigenvalue weighted by molar-refractivity contribution is 0.0684. The van der Waals surface area contributed by atoms with Gasteiger partial charge in [0.1, 0.15) is 11.6 Å². The smallest absolute Gasteiger partial charge is 0.131 e. The fourth-order valence-electron chi connectivity index (χ4n) is 2.75. The summed E-state index contributed by atoms with van der Waals surface area (Å²) in [7, 11) is 1.52. The Labute approximate surface area is 119 Å². The molecule has 2 rings (SSSR count). The molecule has 3 N–H and O–H groups in total. The number of β-amino-alcohol motifs (C(OH)–C–C–N with tert-alkyl or cyclic N) is 1. The summed E-state index contributed by atoms with van der Waals surface area (Å²) in [5.74, 6) is 0.163. The monoisotopic (exact) mass is 282 g/mol. The van der Waals surface area contributed by atoms with Gasteiger partial charge in [0.05, 0.1) is 12.7 Å². The molecule has 1 heterocycles. The minimum Gasteiger partial charge on any atom is -0.496 e. The quantitative estimate of drug-likeness (QED) is 0.862. The molecule has 0 radical (unpaired) electrons. The zero-order chi connectivity index (χ0) is 14.8. The van der Waals surface area contributed by atoms with Crippen molar-refractivity contribution in [1.82, 2.24) is 4.90 Å². The van der Waals surface area contributed by atoms with E-state index in [1.807, 2.05) is 6.92 Å². The normalized spacial score (nSPS) is 24.9. The summed E-state index contributed by atoms with van der Waals surface area (Å²) in [6.45, 7) is 4.09. The summed E-state index contributed by atoms with van der Waals surface area (Å²) in [6.07, 6.45) is 1.40. The Balaban J connectivity index is 1.97. The van der Waals surface area contributed by atoms with Gasteiger partial charge in [0.15, 0.2) is 0 Å². The minimum absolute atomic E-state index is 0.328. The van der Waals surface area contributed by atoms with Crippen molar-refractivity contribution in [2.75, 3.05) is 26.7 Å². The highest BCUT2D eigenvalue weighted by Gasteiger charge is 2.31. The van der Waals surface area contributed by atoms with Crippen LogP contribution in [0.3, 0.4) is 0 Å². The van der Waals surface area contributed by atoms with Gasteiger partial charge in [-0.25, -0.2) is 4.39 Å². The number of aliphatic hydroxyl groups is 1. The Bertz CT molecular complexity index is 465. The number of rotatable bonds is 5. The Morgan fingerprint density at radius 2 is 2.30 bits per heavy atom. The maximum Gasteiger partial charge on any atom is 0.131 e. The topological polar surface area (TPSA) is 58.7 Å². The van der Waals surface area contributed by atoms with Crippen LogP contribution in [0, 0.1) is 5.82 Å². The molecule has 0 bridgehead atoms. The Morgan fingerprint density at radius 3 is 2.90 bits per heavy atom. The zero-order valence-electron chi connectivity index (χ0n) is 12.1. The predicted molar refractivity (Wildman–Crippen MR) is 76.2 cm³/mol. The predicted octanol–water partition coefficient (Wildman–Crippen LogP) is 1.68. The number of nitrogens with two attached hydrogens (primary N) is 1. The number of methoxy groups -OCH3 is 1. The molecule has 1 aromatic carbocycles. The van der Waals surface area contributed by atoms with Crippen molar-refractivity contribution >= 4 is 0 Å². The summed E-state index contributed by atoms with van der Waals surface area (Å²) in [6, 6.07) is 4.33. The van der Waals surface area contributed by atoms with Crippen LogP contribution >= 0.6 is 0 Å². The average molecular weight is 282 g/mol. The maximum absolute atomic E-state index is 13.9. The van der Waals surface area contributed by atoms with Gasteiger partial charge in [-0.1, -0.05) is 6.07 Å². The van der Waals surface area contributed by atoms with Gasteiger partial charge < -0.3 is 20.5 Å². The second kappa shape index (κ2) is 6.08. The van der Waals surface area contributed by atoms with Crippen LogP contribution < -0.4 is 10.5 Å². The molecule has 1 fully saturated rings. The minimum atomic E-state index is -0.611. The molecular weight excluding hydrogens is 259 g/mol. The second-order valence-electron chi connectivity index (χ2n) is 5.77. The molecule has 0 aromatic heterocycles. The van der Waals surface area contributed by atoms with E-state index in [2.05, 4.69) is 4.90 Å². The zero-order valence-corrected chi connectivity index (χ0v) is 12.1. The van der Waals surface area contributed by atoms with Crippen LogP contribution in [-0.4, -0.2) is 42.4 Å². The number of nitrogens with zero attached hydrogens (tertiary/aromatic N) is 1. The van der Waals surface area contributed by atoms with Crippen molar-refractivity contribution in [3.63, 3.8) is 0 Å². The molecule has 0 amide bonds.